The van der Waals surface area contributed by atoms with Gasteiger partial charge in [0, 0.05) is 3.57 Å². The molecule has 0 fully saturated rings. The van der Waals surface area contributed by atoms with E-state index in [1.54, 1.807) is 6.07 Å². The molecule has 0 aliphatic heterocycles. The summed E-state index contributed by atoms with van der Waals surface area (Å²) >= 11 is 7.72. The van der Waals surface area contributed by atoms with Crippen molar-refractivity contribution in [3.63, 3.8) is 0 Å². The van der Waals surface area contributed by atoms with E-state index in [0.29, 0.717) is 16.1 Å². The lowest BCUT2D eigenvalue weighted by molar-refractivity contribution is 1.43. The van der Waals surface area contributed by atoms with Crippen LogP contribution in [0.2, 0.25) is 5.02 Å². The molecule has 1 aromatic rings. The minimum atomic E-state index is 0.341. The molecular weight excluding hydrogens is 286 g/mol. The third-order valence-corrected chi connectivity index (χ3v) is 2.50. The maximum atomic E-state index is 8.62. The van der Waals surface area contributed by atoms with E-state index in [1.165, 1.54) is 6.07 Å². The van der Waals surface area contributed by atoms with Crippen LogP contribution >= 0.6 is 34.2 Å². The van der Waals surface area contributed by atoms with Gasteiger partial charge in [0.2, 0.25) is 0 Å². The quantitative estimate of drug-likeness (QED) is 0.689. The Hall–Kier alpha value is -0.780. The van der Waals surface area contributed by atoms with E-state index in [1.807, 2.05) is 34.7 Å². The van der Waals surface area contributed by atoms with Crippen LogP contribution in [0, 0.1) is 26.2 Å². The largest absolute Gasteiger partial charge is 0.192 e. The van der Waals surface area contributed by atoms with E-state index in [2.05, 4.69) is 0 Å². The third-order valence-electron chi connectivity index (χ3n) is 1.30. The Morgan fingerprint density at radius 3 is 2.25 bits per heavy atom. The molecule has 4 heteroatoms. The summed E-state index contributed by atoms with van der Waals surface area (Å²) in [4.78, 5) is 0. The molecule has 0 radical (unpaired) electrons. The van der Waals surface area contributed by atoms with E-state index in [0.717, 1.165) is 3.57 Å². The monoisotopic (exact) mass is 288 g/mol. The smallest absolute Gasteiger partial charge is 0.101 e. The molecule has 12 heavy (non-hydrogen) atoms. The van der Waals surface area contributed by atoms with Crippen molar-refractivity contribution in [2.45, 2.75) is 0 Å². The highest BCUT2D eigenvalue weighted by atomic mass is 127. The van der Waals surface area contributed by atoms with Gasteiger partial charge >= 0.3 is 0 Å². The van der Waals surface area contributed by atoms with Gasteiger partial charge in [0.15, 0.2) is 0 Å². The van der Waals surface area contributed by atoms with E-state index >= 15 is 0 Å². The summed E-state index contributed by atoms with van der Waals surface area (Å²) in [5, 5.41) is 17.6. The lowest BCUT2D eigenvalue weighted by Crippen LogP contribution is -1.85. The Morgan fingerprint density at radius 2 is 1.75 bits per heavy atom. The van der Waals surface area contributed by atoms with Crippen LogP contribution in [0.5, 0.6) is 0 Å². The molecule has 2 nitrogen and oxygen atoms in total. The average Bonchev–Trinajstić information content (AvgIpc) is 2.05. The Bertz CT molecular complexity index is 365. The molecule has 0 amide bonds. The summed E-state index contributed by atoms with van der Waals surface area (Å²) in [6.07, 6.45) is 0. The van der Waals surface area contributed by atoms with Crippen molar-refractivity contribution < 1.29 is 0 Å². The highest BCUT2D eigenvalue weighted by Crippen LogP contribution is 2.21. The number of nitrogens with zero attached hydrogens (tertiary/aromatic N) is 2. The summed E-state index contributed by atoms with van der Waals surface area (Å²) < 4.78 is 0.763. The second-order valence-corrected chi connectivity index (χ2v) is 3.60. The first-order chi connectivity index (χ1) is 5.69. The third kappa shape index (κ3) is 1.69. The van der Waals surface area contributed by atoms with E-state index in [4.69, 9.17) is 22.1 Å². The maximum Gasteiger partial charge on any atom is 0.101 e. The van der Waals surface area contributed by atoms with Crippen molar-refractivity contribution in [2.75, 3.05) is 0 Å². The van der Waals surface area contributed by atoms with E-state index < -0.39 is 0 Å². The van der Waals surface area contributed by atoms with Gasteiger partial charge in [-0.1, -0.05) is 11.6 Å². The number of nitriles is 2. The van der Waals surface area contributed by atoms with Gasteiger partial charge in [-0.15, -0.1) is 0 Å². The van der Waals surface area contributed by atoms with Crippen LogP contribution in [-0.2, 0) is 0 Å². The molecular formula is C8H2ClIN2. The molecule has 0 unspecified atom stereocenters. The molecule has 0 atom stereocenters. The molecule has 1 aromatic carbocycles. The molecule has 0 heterocycles. The van der Waals surface area contributed by atoms with Gasteiger partial charge in [-0.3, -0.25) is 0 Å². The van der Waals surface area contributed by atoms with E-state index in [-0.39, 0.29) is 0 Å². The average molecular weight is 288 g/mol. The fourth-order valence-electron chi connectivity index (χ4n) is 0.720. The number of halogens is 2. The van der Waals surface area contributed by atoms with Crippen LogP contribution in [-0.4, -0.2) is 0 Å². The second kappa shape index (κ2) is 3.75. The highest BCUT2D eigenvalue weighted by Gasteiger charge is 2.05. The summed E-state index contributed by atoms with van der Waals surface area (Å²) in [6, 6.07) is 6.99. The zero-order valence-electron chi connectivity index (χ0n) is 5.81. The molecule has 0 saturated carbocycles. The number of benzene rings is 1. The Labute approximate surface area is 88.5 Å². The Morgan fingerprint density at radius 1 is 1.17 bits per heavy atom. The SMILES string of the molecule is N#Cc1cc(C#N)c(I)cc1Cl. The van der Waals surface area contributed by atoms with Crippen LogP contribution in [0.1, 0.15) is 11.1 Å². The number of hydrogen-bond donors (Lipinski definition) is 0. The zero-order chi connectivity index (χ0) is 9.14. The van der Waals surface area contributed by atoms with Crippen molar-refractivity contribution in [3.8, 4) is 12.1 Å². The Balaban J connectivity index is 3.42. The summed E-state index contributed by atoms with van der Waals surface area (Å²) in [7, 11) is 0. The predicted octanol–water partition coefficient (Wildman–Crippen LogP) is 2.69. The molecule has 0 aromatic heterocycles. The lowest BCUT2D eigenvalue weighted by atomic mass is 10.1. The standard InChI is InChI=1S/C8H2ClIN2/c9-7-2-8(10)6(4-12)1-5(7)3-11/h1-2H. The lowest BCUT2D eigenvalue weighted by Gasteiger charge is -1.97. The number of rotatable bonds is 0. The van der Waals surface area contributed by atoms with Gasteiger partial charge in [-0.05, 0) is 34.7 Å². The highest BCUT2D eigenvalue weighted by molar-refractivity contribution is 14.1. The van der Waals surface area contributed by atoms with E-state index in [9.17, 15) is 0 Å². The maximum absolute atomic E-state index is 8.62. The van der Waals surface area contributed by atoms with Crippen molar-refractivity contribution in [3.05, 3.63) is 31.9 Å². The zero-order valence-corrected chi connectivity index (χ0v) is 8.72. The fourth-order valence-corrected chi connectivity index (χ4v) is 1.70. The minimum absolute atomic E-state index is 0.341. The van der Waals surface area contributed by atoms with Gasteiger partial charge < -0.3 is 0 Å². The van der Waals surface area contributed by atoms with Crippen molar-refractivity contribution in [1.82, 2.24) is 0 Å². The molecule has 1 rings (SSSR count). The summed E-state index contributed by atoms with van der Waals surface area (Å²) in [5.74, 6) is 0. The first-order valence-corrected chi connectivity index (χ1v) is 4.44. The minimum Gasteiger partial charge on any atom is -0.192 e. The van der Waals surface area contributed by atoms with Crippen LogP contribution in [0.25, 0.3) is 0 Å². The first kappa shape index (κ1) is 9.31. The van der Waals surface area contributed by atoms with Gasteiger partial charge in [-0.2, -0.15) is 10.5 Å². The van der Waals surface area contributed by atoms with Crippen LogP contribution in [0.15, 0.2) is 12.1 Å². The normalized spacial score (nSPS) is 8.67. The first-order valence-electron chi connectivity index (χ1n) is 2.98. The van der Waals surface area contributed by atoms with Gasteiger partial charge in [-0.25, -0.2) is 0 Å². The van der Waals surface area contributed by atoms with Crippen LogP contribution < -0.4 is 0 Å². The number of hydrogen-bond acceptors (Lipinski definition) is 2. The molecule has 0 N–H and O–H groups in total. The summed E-state index contributed by atoms with van der Waals surface area (Å²) in [5.41, 5.74) is 0.824. The van der Waals surface area contributed by atoms with Gasteiger partial charge in [0.25, 0.3) is 0 Å². The van der Waals surface area contributed by atoms with Crippen molar-refractivity contribution in [2.24, 2.45) is 0 Å². The molecule has 0 saturated heterocycles. The van der Waals surface area contributed by atoms with Crippen molar-refractivity contribution in [1.29, 1.82) is 10.5 Å². The molecule has 58 valence electrons. The predicted molar refractivity (Wildman–Crippen MR) is 53.6 cm³/mol. The molecule has 0 aliphatic rings. The Kier molecular flexibility index (Phi) is 2.91. The van der Waals surface area contributed by atoms with Crippen molar-refractivity contribution >= 4 is 34.2 Å². The van der Waals surface area contributed by atoms with Gasteiger partial charge in [0.1, 0.15) is 12.1 Å². The van der Waals surface area contributed by atoms with Crippen LogP contribution in [0.4, 0.5) is 0 Å². The topological polar surface area (TPSA) is 47.6 Å². The fraction of sp³-hybridized carbons (Fsp3) is 0. The van der Waals surface area contributed by atoms with Gasteiger partial charge in [0.05, 0.1) is 16.1 Å². The molecule has 0 aliphatic carbocycles. The molecule has 0 spiro atoms. The molecule has 0 bridgehead atoms. The van der Waals surface area contributed by atoms with Crippen LogP contribution in [0.3, 0.4) is 0 Å². The second-order valence-electron chi connectivity index (χ2n) is 2.04. The summed E-state index contributed by atoms with van der Waals surface area (Å²) in [6.45, 7) is 0.